The van der Waals surface area contributed by atoms with Crippen molar-refractivity contribution in [2.24, 2.45) is 0 Å². The van der Waals surface area contributed by atoms with Gasteiger partial charge in [0.25, 0.3) is 0 Å². The summed E-state index contributed by atoms with van der Waals surface area (Å²) in [6.45, 7) is 0. The molecule has 0 atom stereocenters. The number of hydrogen-bond acceptors (Lipinski definition) is 2. The first kappa shape index (κ1) is 16.5. The number of carbonyl (C=O) groups is 2. The largest absolute Gasteiger partial charge is 1.00 e. The Balaban J connectivity index is -0.000000245. The van der Waals surface area contributed by atoms with Crippen molar-refractivity contribution in [3.63, 3.8) is 0 Å². The third-order valence-electron chi connectivity index (χ3n) is 0.553. The minimum Gasteiger partial charge on any atom is -0.481 e. The Labute approximate surface area is 82.5 Å². The van der Waals surface area contributed by atoms with Crippen molar-refractivity contribution in [1.29, 1.82) is 0 Å². The van der Waals surface area contributed by atoms with Gasteiger partial charge >= 0.3 is 41.5 Å². The molecule has 54 valence electrons. The van der Waals surface area contributed by atoms with E-state index in [9.17, 15) is 9.59 Å². The van der Waals surface area contributed by atoms with Crippen LogP contribution in [-0.2, 0) is 9.59 Å². The normalized spacial score (nSPS) is 6.80. The molecule has 0 aliphatic carbocycles. The third kappa shape index (κ3) is 15.7. The van der Waals surface area contributed by atoms with Gasteiger partial charge < -0.3 is 10.2 Å². The van der Waals surface area contributed by atoms with E-state index in [4.69, 9.17) is 10.2 Å². The quantitative estimate of drug-likeness (QED) is 0.403. The molecule has 0 aromatic heterocycles. The average molecular weight is 156 g/mol. The van der Waals surface area contributed by atoms with Crippen LogP contribution in [0.25, 0.3) is 0 Å². The zero-order chi connectivity index (χ0) is 6.57. The maximum absolute atomic E-state index is 9.64. The Hall–Kier alpha value is 0.00494. The molecule has 0 saturated heterocycles. The fourth-order valence-corrected chi connectivity index (χ4v) is 0.214. The fraction of sp³-hybridized carbons (Fsp3) is 0.500. The van der Waals surface area contributed by atoms with Crippen LogP contribution in [-0.4, -0.2) is 30.6 Å². The Morgan fingerprint density at radius 3 is 1.30 bits per heavy atom. The molecular formula is C4H10BNaO4. The third-order valence-corrected chi connectivity index (χ3v) is 0.553. The van der Waals surface area contributed by atoms with Gasteiger partial charge in [0.2, 0.25) is 0 Å². The van der Waals surface area contributed by atoms with E-state index in [1.54, 1.807) is 0 Å². The van der Waals surface area contributed by atoms with Crippen molar-refractivity contribution in [2.45, 2.75) is 12.8 Å². The molecule has 0 amide bonds. The molecule has 0 radical (unpaired) electrons. The van der Waals surface area contributed by atoms with Gasteiger partial charge in [-0.25, -0.2) is 0 Å². The van der Waals surface area contributed by atoms with Gasteiger partial charge in [-0.2, -0.15) is 0 Å². The molecule has 10 heavy (non-hydrogen) atoms. The minimum absolute atomic E-state index is 0. The van der Waals surface area contributed by atoms with Crippen LogP contribution in [0.5, 0.6) is 0 Å². The monoisotopic (exact) mass is 156 g/mol. The van der Waals surface area contributed by atoms with E-state index in [1.807, 2.05) is 0 Å². The van der Waals surface area contributed by atoms with Gasteiger partial charge in [0, 0.05) is 0 Å². The van der Waals surface area contributed by atoms with E-state index < -0.39 is 11.9 Å². The SMILES string of the molecule is O=C(O)CCC(=O)O.[BH4-].[Na+]. The maximum Gasteiger partial charge on any atom is 1.00 e. The summed E-state index contributed by atoms with van der Waals surface area (Å²) in [6.07, 6.45) is -0.593. The Bertz CT molecular complexity index is 102. The molecule has 2 N–H and O–H groups in total. The number of rotatable bonds is 3. The van der Waals surface area contributed by atoms with Gasteiger partial charge in [-0.3, -0.25) is 9.59 Å². The van der Waals surface area contributed by atoms with Crippen molar-refractivity contribution in [3.8, 4) is 0 Å². The van der Waals surface area contributed by atoms with E-state index in [0.29, 0.717) is 0 Å². The van der Waals surface area contributed by atoms with E-state index >= 15 is 0 Å². The van der Waals surface area contributed by atoms with Crippen molar-refractivity contribution < 1.29 is 49.4 Å². The molecule has 0 spiro atoms. The fourth-order valence-electron chi connectivity index (χ4n) is 0.214. The number of hydrogen-bond donors (Lipinski definition) is 2. The molecule has 0 aliphatic heterocycles. The van der Waals surface area contributed by atoms with Gasteiger partial charge in [-0.15, -0.1) is 0 Å². The first-order chi connectivity index (χ1) is 3.63. The molecule has 0 heterocycles. The number of aliphatic carboxylic acids is 2. The van der Waals surface area contributed by atoms with Crippen molar-refractivity contribution in [1.82, 2.24) is 0 Å². The van der Waals surface area contributed by atoms with Gasteiger partial charge in [0.1, 0.15) is 0 Å². The van der Waals surface area contributed by atoms with Gasteiger partial charge in [0.05, 0.1) is 12.8 Å². The van der Waals surface area contributed by atoms with Gasteiger partial charge in [-0.1, -0.05) is 8.41 Å². The van der Waals surface area contributed by atoms with E-state index in [1.165, 1.54) is 0 Å². The predicted molar refractivity (Wildman–Crippen MR) is 35.8 cm³/mol. The first-order valence-electron chi connectivity index (χ1n) is 2.06. The summed E-state index contributed by atoms with van der Waals surface area (Å²) in [5, 5.41) is 15.8. The zero-order valence-electron chi connectivity index (χ0n) is 5.13. The maximum atomic E-state index is 9.64. The van der Waals surface area contributed by atoms with E-state index in [2.05, 4.69) is 0 Å². The van der Waals surface area contributed by atoms with Gasteiger partial charge in [0.15, 0.2) is 0 Å². The van der Waals surface area contributed by atoms with Crippen molar-refractivity contribution in [2.75, 3.05) is 0 Å². The second-order valence-electron chi connectivity index (χ2n) is 1.29. The number of carboxylic acid groups (broad SMARTS) is 2. The molecule has 0 rings (SSSR count). The summed E-state index contributed by atoms with van der Waals surface area (Å²) in [7, 11) is 0. The van der Waals surface area contributed by atoms with Gasteiger partial charge in [-0.05, 0) is 0 Å². The van der Waals surface area contributed by atoms with Crippen LogP contribution in [0, 0.1) is 0 Å². The first-order valence-corrected chi connectivity index (χ1v) is 2.06. The van der Waals surface area contributed by atoms with Crippen LogP contribution in [0.4, 0.5) is 0 Å². The van der Waals surface area contributed by atoms with Crippen molar-refractivity contribution >= 4 is 20.4 Å². The number of carboxylic acids is 2. The Morgan fingerprint density at radius 1 is 1.00 bits per heavy atom. The summed E-state index contributed by atoms with van der Waals surface area (Å²) in [5.41, 5.74) is 0. The summed E-state index contributed by atoms with van der Waals surface area (Å²) < 4.78 is 0. The summed E-state index contributed by atoms with van der Waals surface area (Å²) in [6, 6.07) is 0. The molecule has 0 fully saturated rings. The summed E-state index contributed by atoms with van der Waals surface area (Å²) in [4.78, 5) is 19.3. The molecule has 0 unspecified atom stereocenters. The zero-order valence-corrected chi connectivity index (χ0v) is 7.13. The second kappa shape index (κ2) is 9.00. The van der Waals surface area contributed by atoms with E-state index in [0.717, 1.165) is 0 Å². The molecule has 0 aromatic carbocycles. The molecule has 6 heteroatoms. The minimum atomic E-state index is -1.08. The van der Waals surface area contributed by atoms with Crippen LogP contribution in [0.15, 0.2) is 0 Å². The molecule has 0 aromatic rings. The average Bonchev–Trinajstić information content (AvgIpc) is 1.61. The Kier molecular flexibility index (Phi) is 14.9. The molecule has 4 nitrogen and oxygen atoms in total. The molecule has 0 aliphatic rings. The van der Waals surface area contributed by atoms with Crippen molar-refractivity contribution in [3.05, 3.63) is 0 Å². The summed E-state index contributed by atoms with van der Waals surface area (Å²) >= 11 is 0. The van der Waals surface area contributed by atoms with E-state index in [-0.39, 0.29) is 50.8 Å². The predicted octanol–water partition coefficient (Wildman–Crippen LogP) is -4.51. The Morgan fingerprint density at radius 2 is 1.20 bits per heavy atom. The van der Waals surface area contributed by atoms with Crippen LogP contribution in [0.3, 0.4) is 0 Å². The van der Waals surface area contributed by atoms with Crippen LogP contribution < -0.4 is 29.6 Å². The van der Waals surface area contributed by atoms with Crippen LogP contribution in [0.2, 0.25) is 0 Å². The smallest absolute Gasteiger partial charge is 0.481 e. The molecule has 0 saturated carbocycles. The van der Waals surface area contributed by atoms with Crippen LogP contribution in [0.1, 0.15) is 12.8 Å². The second-order valence-corrected chi connectivity index (χ2v) is 1.29. The molecule has 0 bridgehead atoms. The topological polar surface area (TPSA) is 74.6 Å². The van der Waals surface area contributed by atoms with Crippen LogP contribution >= 0.6 is 0 Å². The summed E-state index contributed by atoms with van der Waals surface area (Å²) in [5.74, 6) is -2.15. The molecular weight excluding hydrogens is 146 g/mol. The standard InChI is InChI=1S/C4H6O4.BH4.Na/c5-3(6)1-2-4(7)8;;/h1-2H2,(H,5,6)(H,7,8);1H4;/q;-1;+1.